The van der Waals surface area contributed by atoms with Crippen molar-refractivity contribution in [2.75, 3.05) is 5.73 Å². The monoisotopic (exact) mass is 247 g/mol. The highest BCUT2D eigenvalue weighted by Crippen LogP contribution is 2.13. The summed E-state index contributed by atoms with van der Waals surface area (Å²) in [7, 11) is 0. The number of anilines is 1. The first-order chi connectivity index (χ1) is 8.59. The molecular formula is C11H13N5O2. The molecule has 1 aromatic heterocycles. The molecule has 0 aliphatic rings. The Hall–Kier alpha value is -2.41. The molecule has 0 saturated carbocycles. The summed E-state index contributed by atoms with van der Waals surface area (Å²) in [6.45, 7) is 2.09. The van der Waals surface area contributed by atoms with Crippen molar-refractivity contribution in [3.63, 3.8) is 0 Å². The van der Waals surface area contributed by atoms with Crippen molar-refractivity contribution in [2.24, 2.45) is 0 Å². The maximum atomic E-state index is 9.84. The first kappa shape index (κ1) is 12.1. The summed E-state index contributed by atoms with van der Waals surface area (Å²) >= 11 is 0. The van der Waals surface area contributed by atoms with Crippen LogP contribution in [-0.2, 0) is 6.54 Å². The van der Waals surface area contributed by atoms with Gasteiger partial charge in [-0.25, -0.2) is 9.69 Å². The molecule has 1 aromatic carbocycles. The summed E-state index contributed by atoms with van der Waals surface area (Å²) in [6.07, 6.45) is 0. The van der Waals surface area contributed by atoms with E-state index in [4.69, 9.17) is 11.1 Å². The quantitative estimate of drug-likeness (QED) is 0.426. The van der Waals surface area contributed by atoms with Crippen LogP contribution in [0.3, 0.4) is 0 Å². The molecule has 0 bridgehead atoms. The molecule has 0 fully saturated rings. The molecule has 0 aliphatic carbocycles. The summed E-state index contributed by atoms with van der Waals surface area (Å²) in [5, 5.41) is 25.2. The fourth-order valence-electron chi connectivity index (χ4n) is 1.51. The Balaban J connectivity index is 2.14. The Morgan fingerprint density at radius 1 is 1.44 bits per heavy atom. The summed E-state index contributed by atoms with van der Waals surface area (Å²) in [5.74, 6) is -0.277. The lowest BCUT2D eigenvalue weighted by molar-refractivity contribution is -0.0235. The van der Waals surface area contributed by atoms with Gasteiger partial charge >= 0.3 is 0 Å². The maximum Gasteiger partial charge on any atom is 0.199 e. The first-order valence-corrected chi connectivity index (χ1v) is 5.27. The standard InChI is InChI=1S/C11H13N5O2/c1-7-4-2-3-5-8(7)6-16(17)11(13)9-10(12)15-18-14-9/h2-5,13,17H,6H2,1H3,(H2,12,15). The second kappa shape index (κ2) is 4.84. The minimum absolute atomic E-state index is 0.0195. The Morgan fingerprint density at radius 3 is 2.78 bits per heavy atom. The van der Waals surface area contributed by atoms with Crippen LogP contribution in [0.15, 0.2) is 28.9 Å². The van der Waals surface area contributed by atoms with E-state index in [9.17, 15) is 5.21 Å². The Kier molecular flexibility index (Phi) is 3.24. The minimum Gasteiger partial charge on any atom is -0.379 e. The van der Waals surface area contributed by atoms with E-state index in [2.05, 4.69) is 14.9 Å². The molecule has 7 nitrogen and oxygen atoms in total. The second-order valence-electron chi connectivity index (χ2n) is 3.83. The van der Waals surface area contributed by atoms with Crippen molar-refractivity contribution in [2.45, 2.75) is 13.5 Å². The fourth-order valence-corrected chi connectivity index (χ4v) is 1.51. The number of amidine groups is 1. The van der Waals surface area contributed by atoms with Gasteiger partial charge < -0.3 is 5.73 Å². The molecule has 0 spiro atoms. The lowest BCUT2D eigenvalue weighted by Gasteiger charge is -2.17. The highest BCUT2D eigenvalue weighted by Gasteiger charge is 2.18. The van der Waals surface area contributed by atoms with Gasteiger partial charge in [-0.2, -0.15) is 0 Å². The Labute approximate surface area is 103 Å². The van der Waals surface area contributed by atoms with E-state index in [1.54, 1.807) is 0 Å². The summed E-state index contributed by atoms with van der Waals surface area (Å²) in [5.41, 5.74) is 7.40. The lowest BCUT2D eigenvalue weighted by atomic mass is 10.1. The number of nitrogens with one attached hydrogen (secondary N) is 1. The van der Waals surface area contributed by atoms with Gasteiger partial charge in [0.05, 0.1) is 6.54 Å². The van der Waals surface area contributed by atoms with E-state index >= 15 is 0 Å². The average molecular weight is 247 g/mol. The molecule has 0 aliphatic heterocycles. The number of benzene rings is 1. The van der Waals surface area contributed by atoms with Gasteiger partial charge in [-0.15, -0.1) is 0 Å². The van der Waals surface area contributed by atoms with Gasteiger partial charge in [0.2, 0.25) is 0 Å². The smallest absolute Gasteiger partial charge is 0.199 e. The van der Waals surface area contributed by atoms with Crippen LogP contribution in [0.4, 0.5) is 5.82 Å². The number of aromatic nitrogens is 2. The molecule has 94 valence electrons. The van der Waals surface area contributed by atoms with Crippen molar-refractivity contribution < 1.29 is 9.84 Å². The predicted octanol–water partition coefficient (Wildman–Crippen LogP) is 1.18. The van der Waals surface area contributed by atoms with Crippen molar-refractivity contribution in [1.29, 1.82) is 5.41 Å². The Morgan fingerprint density at radius 2 is 2.17 bits per heavy atom. The number of aryl methyl sites for hydroxylation is 1. The van der Waals surface area contributed by atoms with Gasteiger partial charge in [0, 0.05) is 0 Å². The van der Waals surface area contributed by atoms with Gasteiger partial charge in [0.1, 0.15) is 0 Å². The number of hydrogen-bond acceptors (Lipinski definition) is 6. The van der Waals surface area contributed by atoms with Gasteiger partial charge in [-0.3, -0.25) is 10.6 Å². The number of hydrogen-bond donors (Lipinski definition) is 3. The van der Waals surface area contributed by atoms with Crippen LogP contribution in [0.5, 0.6) is 0 Å². The largest absolute Gasteiger partial charge is 0.379 e. The van der Waals surface area contributed by atoms with Crippen LogP contribution < -0.4 is 5.73 Å². The molecule has 0 saturated heterocycles. The Bertz CT molecular complexity index is 566. The topological polar surface area (TPSA) is 112 Å². The van der Waals surface area contributed by atoms with Crippen LogP contribution >= 0.6 is 0 Å². The molecule has 7 heteroatoms. The molecule has 2 rings (SSSR count). The highest BCUT2D eigenvalue weighted by molar-refractivity contribution is 5.97. The molecule has 0 atom stereocenters. The SMILES string of the molecule is Cc1ccccc1CN(O)C(=N)c1nonc1N. The molecule has 4 N–H and O–H groups in total. The number of nitrogens with two attached hydrogens (primary N) is 1. The zero-order chi connectivity index (χ0) is 13.1. The molecule has 2 aromatic rings. The first-order valence-electron chi connectivity index (χ1n) is 5.27. The van der Waals surface area contributed by atoms with Gasteiger partial charge in [0.15, 0.2) is 17.3 Å². The van der Waals surface area contributed by atoms with Gasteiger partial charge in [0.25, 0.3) is 0 Å². The average Bonchev–Trinajstić information content (AvgIpc) is 2.77. The third-order valence-electron chi connectivity index (χ3n) is 2.58. The molecule has 18 heavy (non-hydrogen) atoms. The van der Waals surface area contributed by atoms with E-state index in [1.807, 2.05) is 31.2 Å². The van der Waals surface area contributed by atoms with Gasteiger partial charge in [-0.1, -0.05) is 24.3 Å². The van der Waals surface area contributed by atoms with Crippen LogP contribution in [0.25, 0.3) is 0 Å². The number of nitrogen functional groups attached to an aromatic ring is 1. The second-order valence-corrected chi connectivity index (χ2v) is 3.83. The molecule has 0 amide bonds. The highest BCUT2D eigenvalue weighted by atomic mass is 16.6. The summed E-state index contributed by atoms with van der Waals surface area (Å²) in [4.78, 5) is 0. The zero-order valence-corrected chi connectivity index (χ0v) is 9.79. The maximum absolute atomic E-state index is 9.84. The van der Waals surface area contributed by atoms with Crippen molar-refractivity contribution >= 4 is 11.7 Å². The summed E-state index contributed by atoms with van der Waals surface area (Å²) in [6, 6.07) is 7.58. The minimum atomic E-state index is -0.253. The van der Waals surface area contributed by atoms with Crippen LogP contribution in [0.1, 0.15) is 16.8 Å². The summed E-state index contributed by atoms with van der Waals surface area (Å²) < 4.78 is 4.39. The van der Waals surface area contributed by atoms with E-state index in [0.29, 0.717) is 0 Å². The van der Waals surface area contributed by atoms with E-state index in [1.165, 1.54) is 0 Å². The number of hydroxylamine groups is 2. The van der Waals surface area contributed by atoms with Gasteiger partial charge in [-0.05, 0) is 28.4 Å². The van der Waals surface area contributed by atoms with E-state index < -0.39 is 0 Å². The van der Waals surface area contributed by atoms with E-state index in [0.717, 1.165) is 16.2 Å². The van der Waals surface area contributed by atoms with Crippen molar-refractivity contribution in [3.8, 4) is 0 Å². The normalized spacial score (nSPS) is 10.3. The fraction of sp³-hybridized carbons (Fsp3) is 0.182. The van der Waals surface area contributed by atoms with Crippen LogP contribution in [0.2, 0.25) is 0 Å². The van der Waals surface area contributed by atoms with Crippen LogP contribution in [-0.4, -0.2) is 26.4 Å². The molecule has 0 unspecified atom stereocenters. The van der Waals surface area contributed by atoms with Crippen molar-refractivity contribution in [1.82, 2.24) is 15.4 Å². The molecule has 1 heterocycles. The predicted molar refractivity (Wildman–Crippen MR) is 64.0 cm³/mol. The van der Waals surface area contributed by atoms with E-state index in [-0.39, 0.29) is 23.9 Å². The zero-order valence-electron chi connectivity index (χ0n) is 9.79. The van der Waals surface area contributed by atoms with Crippen LogP contribution in [0, 0.1) is 12.3 Å². The van der Waals surface area contributed by atoms with Crippen molar-refractivity contribution in [3.05, 3.63) is 41.1 Å². The molecule has 0 radical (unpaired) electrons. The third-order valence-corrected chi connectivity index (χ3v) is 2.58. The number of rotatable bonds is 3. The lowest BCUT2D eigenvalue weighted by Crippen LogP contribution is -2.28. The third kappa shape index (κ3) is 2.30. The molecular weight excluding hydrogens is 234 g/mol. The number of nitrogens with zero attached hydrogens (tertiary/aromatic N) is 3.